The van der Waals surface area contributed by atoms with E-state index in [2.05, 4.69) is 33.1 Å². The number of amides is 2. The van der Waals surface area contributed by atoms with Gasteiger partial charge in [0.2, 0.25) is 11.8 Å². The molecular weight excluding hydrogens is 779 g/mol. The number of alkyl carbamates (subject to hydrolysis) is 1. The summed E-state index contributed by atoms with van der Waals surface area (Å²) in [7, 11) is -6.09. The second kappa shape index (κ2) is 17.8. The third-order valence-electron chi connectivity index (χ3n) is 8.48. The first kappa shape index (κ1) is 47.2. The molecule has 0 spiro atoms. The lowest BCUT2D eigenvalue weighted by molar-refractivity contribution is -0.781. The van der Waals surface area contributed by atoms with Gasteiger partial charge in [0, 0.05) is 19.6 Å². The highest BCUT2D eigenvalue weighted by Gasteiger charge is 2.48. The van der Waals surface area contributed by atoms with E-state index < -0.39 is 56.2 Å². The number of benzene rings is 1. The van der Waals surface area contributed by atoms with Gasteiger partial charge >= 0.3 is 23.7 Å². The Hall–Kier alpha value is -4.14. The van der Waals surface area contributed by atoms with Gasteiger partial charge in [-0.25, -0.2) is 28.7 Å². The molecule has 0 saturated carbocycles. The summed E-state index contributed by atoms with van der Waals surface area (Å²) < 4.78 is 86.0. The molecule has 1 saturated heterocycles. The number of likely N-dealkylation sites (tertiary alicyclic amines) is 1. The van der Waals surface area contributed by atoms with E-state index in [-0.39, 0.29) is 12.0 Å². The average Bonchev–Trinajstić information content (AvgIpc) is 3.43. The van der Waals surface area contributed by atoms with Crippen molar-refractivity contribution in [3.8, 4) is 16.9 Å². The highest BCUT2D eigenvalue weighted by Crippen LogP contribution is 2.36. The van der Waals surface area contributed by atoms with Crippen molar-refractivity contribution in [2.75, 3.05) is 19.6 Å². The first-order valence-electron chi connectivity index (χ1n) is 18.4. The van der Waals surface area contributed by atoms with Crippen LogP contribution in [-0.4, -0.2) is 94.4 Å². The summed E-state index contributed by atoms with van der Waals surface area (Å²) in [5, 5.41) is 2.84. The number of fused-ring (bicyclic) bond motifs is 1. The summed E-state index contributed by atoms with van der Waals surface area (Å²) in [6, 6.07) is 6.03. The Bertz CT molecular complexity index is 1840. The van der Waals surface area contributed by atoms with Crippen molar-refractivity contribution in [1.82, 2.24) is 14.9 Å². The molecule has 2 aliphatic rings. The van der Waals surface area contributed by atoms with E-state index in [1.165, 1.54) is 0 Å². The summed E-state index contributed by atoms with van der Waals surface area (Å²) >= 11 is 0. The molecule has 0 bridgehead atoms. The van der Waals surface area contributed by atoms with Crippen LogP contribution in [0.3, 0.4) is 0 Å². The zero-order chi connectivity index (χ0) is 43.4. The van der Waals surface area contributed by atoms with Gasteiger partial charge in [-0.3, -0.25) is 4.84 Å². The molecule has 2 aromatic rings. The van der Waals surface area contributed by atoms with Crippen LogP contribution in [0.5, 0.6) is 5.75 Å². The van der Waals surface area contributed by atoms with Crippen LogP contribution < -0.4 is 20.6 Å². The summed E-state index contributed by atoms with van der Waals surface area (Å²) in [5.41, 5.74) is -5.84. The van der Waals surface area contributed by atoms with Crippen LogP contribution in [0.1, 0.15) is 87.6 Å². The Morgan fingerprint density at radius 2 is 1.53 bits per heavy atom. The molecule has 0 aliphatic carbocycles. The SMILES string of the molecule is CC(C)(C)OC(=O)NCCCn1cc(-c2ccc3c(c2)CCC(C(C)(ON)C(=O)OC(C)(C)C)O3)c[n+]1CC1CN(C(=O)OC(C)(C)C)C1.O=S(=O)([O-])C(F)(F)F. The van der Waals surface area contributed by atoms with Gasteiger partial charge in [0.25, 0.3) is 0 Å². The van der Waals surface area contributed by atoms with Gasteiger partial charge < -0.3 is 33.7 Å². The zero-order valence-corrected chi connectivity index (χ0v) is 35.0. The minimum absolute atomic E-state index is 0.275. The summed E-state index contributed by atoms with van der Waals surface area (Å²) in [6.45, 7) is 21.2. The average molecular weight is 836 g/mol. The fourth-order valence-corrected chi connectivity index (χ4v) is 5.76. The standard InChI is InChI=1S/C36H55N5O8.CHF3O3S/c1-33(2,3)46-30(42)36(10,49-37)29-15-13-26-18-25(12-14-28(26)45-29)27-22-40(17-11-16-38-31(43)47-34(4,5)6)41(23-27)21-24-19-39(20-24)32(44)48-35(7,8)9;2-1(3,4)8(5,6)7/h12,14,18,22-24,29H,11,13,15-17,19-21,37H2,1-10H3;(H,5,6,7). The smallest absolute Gasteiger partial charge is 0.485 e. The third kappa shape index (κ3) is 14.0. The summed E-state index contributed by atoms with van der Waals surface area (Å²) in [5.74, 6) is 6.01. The van der Waals surface area contributed by atoms with Crippen molar-refractivity contribution >= 4 is 28.3 Å². The number of hydrogen-bond acceptors (Lipinski definition) is 12. The van der Waals surface area contributed by atoms with Crippen LogP contribution in [0.25, 0.3) is 11.1 Å². The van der Waals surface area contributed by atoms with Crippen molar-refractivity contribution < 1.29 is 69.0 Å². The number of hydrogen-bond donors (Lipinski definition) is 2. The topological polar surface area (TPSA) is 205 Å². The van der Waals surface area contributed by atoms with E-state index in [1.807, 2.05) is 53.7 Å². The highest BCUT2D eigenvalue weighted by atomic mass is 32.2. The normalized spacial score (nSPS) is 17.5. The first-order chi connectivity index (χ1) is 25.9. The molecule has 322 valence electrons. The molecule has 2 aliphatic heterocycles. The first-order valence-corrected chi connectivity index (χ1v) is 19.8. The summed E-state index contributed by atoms with van der Waals surface area (Å²) in [4.78, 5) is 44.6. The van der Waals surface area contributed by atoms with E-state index in [0.717, 1.165) is 23.2 Å². The fourth-order valence-electron chi connectivity index (χ4n) is 5.76. The fraction of sp³-hybridized carbons (Fsp3) is 0.676. The van der Waals surface area contributed by atoms with Crippen LogP contribution in [0.15, 0.2) is 30.6 Å². The van der Waals surface area contributed by atoms with E-state index in [4.69, 9.17) is 42.7 Å². The van der Waals surface area contributed by atoms with Crippen LogP contribution >= 0.6 is 0 Å². The number of nitrogens with two attached hydrogens (primary N) is 1. The van der Waals surface area contributed by atoms with Crippen molar-refractivity contribution in [1.29, 1.82) is 0 Å². The number of nitrogens with one attached hydrogen (secondary N) is 1. The van der Waals surface area contributed by atoms with E-state index in [9.17, 15) is 27.6 Å². The number of alkyl halides is 3. The molecule has 20 heteroatoms. The number of ether oxygens (including phenoxy) is 4. The Labute approximate surface area is 331 Å². The Balaban J connectivity index is 0.000000980. The predicted octanol–water partition coefficient (Wildman–Crippen LogP) is 4.96. The number of carbonyl (C=O) groups is 3. The molecule has 0 radical (unpaired) electrons. The highest BCUT2D eigenvalue weighted by molar-refractivity contribution is 7.86. The van der Waals surface area contributed by atoms with E-state index >= 15 is 0 Å². The monoisotopic (exact) mass is 835 g/mol. The van der Waals surface area contributed by atoms with Crippen molar-refractivity contribution in [3.05, 3.63) is 36.2 Å². The number of rotatable bonds is 10. The minimum atomic E-state index is -6.09. The molecule has 16 nitrogen and oxygen atoms in total. The van der Waals surface area contributed by atoms with Gasteiger partial charge in [-0.05, 0) is 112 Å². The molecule has 1 aromatic heterocycles. The van der Waals surface area contributed by atoms with Crippen LogP contribution in [0.2, 0.25) is 0 Å². The second-order valence-electron chi connectivity index (χ2n) is 17.1. The Kier molecular flexibility index (Phi) is 14.7. The molecule has 2 amide bonds. The van der Waals surface area contributed by atoms with Gasteiger partial charge in [-0.15, -0.1) is 4.68 Å². The number of aryl methyl sites for hydroxylation is 2. The van der Waals surface area contributed by atoms with Gasteiger partial charge in [0.05, 0.1) is 24.2 Å². The number of aromatic nitrogens is 2. The maximum Gasteiger partial charge on any atom is 0.485 e. The quantitative estimate of drug-likeness (QED) is 0.0620. The zero-order valence-electron chi connectivity index (χ0n) is 34.2. The second-order valence-corrected chi connectivity index (χ2v) is 18.5. The lowest BCUT2D eigenvalue weighted by Crippen LogP contribution is -2.58. The lowest BCUT2D eigenvalue weighted by atomic mass is 9.89. The van der Waals surface area contributed by atoms with Crippen molar-refractivity contribution in [2.45, 2.75) is 136 Å². The largest absolute Gasteiger partial charge is 0.741 e. The minimum Gasteiger partial charge on any atom is -0.741 e. The predicted molar refractivity (Wildman–Crippen MR) is 198 cm³/mol. The molecule has 4 rings (SSSR count). The number of esters is 1. The number of nitrogens with zero attached hydrogens (tertiary/aromatic N) is 3. The summed E-state index contributed by atoms with van der Waals surface area (Å²) in [6.07, 6.45) is 4.75. The molecule has 3 N–H and O–H groups in total. The number of carbonyl (C=O) groups excluding carboxylic acids is 3. The lowest BCUT2D eigenvalue weighted by Gasteiger charge is -2.38. The van der Waals surface area contributed by atoms with Crippen molar-refractivity contribution in [3.63, 3.8) is 0 Å². The van der Waals surface area contributed by atoms with E-state index in [0.29, 0.717) is 51.2 Å². The molecule has 3 heterocycles. The van der Waals surface area contributed by atoms with Gasteiger partial charge in [0.15, 0.2) is 16.7 Å². The molecular formula is C37H56F3N5O11S. The molecule has 57 heavy (non-hydrogen) atoms. The van der Waals surface area contributed by atoms with Gasteiger partial charge in [-0.2, -0.15) is 17.9 Å². The molecule has 1 fully saturated rings. The molecule has 1 aromatic carbocycles. The van der Waals surface area contributed by atoms with Crippen molar-refractivity contribution in [2.24, 2.45) is 11.8 Å². The van der Waals surface area contributed by atoms with Gasteiger partial charge in [0.1, 0.15) is 28.7 Å². The molecule has 2 atom stereocenters. The van der Waals surface area contributed by atoms with Crippen LogP contribution in [0, 0.1) is 5.92 Å². The maximum atomic E-state index is 13.0. The van der Waals surface area contributed by atoms with E-state index in [1.54, 1.807) is 32.6 Å². The Morgan fingerprint density at radius 3 is 2.05 bits per heavy atom. The third-order valence-corrected chi connectivity index (χ3v) is 9.05. The Morgan fingerprint density at radius 1 is 0.947 bits per heavy atom. The number of halogens is 3. The van der Waals surface area contributed by atoms with Crippen LogP contribution in [0.4, 0.5) is 22.8 Å². The van der Waals surface area contributed by atoms with Gasteiger partial charge in [-0.1, -0.05) is 6.07 Å². The maximum absolute atomic E-state index is 13.0. The van der Waals surface area contributed by atoms with Crippen LogP contribution in [-0.2, 0) is 53.5 Å². The molecule has 2 unspecified atom stereocenters.